The molecular formula is C33H39ClN2O6. The maximum absolute atomic E-state index is 11.4. The molecule has 1 atom stereocenters. The lowest BCUT2D eigenvalue weighted by Gasteiger charge is -2.31. The summed E-state index contributed by atoms with van der Waals surface area (Å²) in [5, 5.41) is 9.18. The second kappa shape index (κ2) is 13.8. The maximum Gasteiger partial charge on any atom is 0.305 e. The van der Waals surface area contributed by atoms with Crippen molar-refractivity contribution in [2.75, 3.05) is 26.8 Å². The molecule has 1 aliphatic carbocycles. The van der Waals surface area contributed by atoms with E-state index in [1.807, 2.05) is 24.0 Å². The van der Waals surface area contributed by atoms with E-state index in [9.17, 15) is 9.59 Å². The van der Waals surface area contributed by atoms with E-state index in [1.165, 1.54) is 24.0 Å². The number of rotatable bonds is 8. The highest BCUT2D eigenvalue weighted by molar-refractivity contribution is 6.30. The summed E-state index contributed by atoms with van der Waals surface area (Å²) < 4.78 is 19.8. The molecule has 1 amide bonds. The van der Waals surface area contributed by atoms with Crippen LogP contribution in [0.25, 0.3) is 5.69 Å². The SMILES string of the molecule is CCC(=O)N1CCC(OCCC(=O)O)CC1.COc1cccc([C@H]2OCc3cccn3-c3ccc(Cl)cc32)c1C1CC1. The van der Waals surface area contributed by atoms with E-state index in [1.54, 1.807) is 7.11 Å². The first-order valence-electron chi connectivity index (χ1n) is 14.7. The molecule has 9 heteroatoms. The second-order valence-corrected chi connectivity index (χ2v) is 11.4. The van der Waals surface area contributed by atoms with E-state index in [0.717, 1.165) is 53.6 Å². The summed E-state index contributed by atoms with van der Waals surface area (Å²) in [6.45, 7) is 4.14. The average molecular weight is 595 g/mol. The van der Waals surface area contributed by atoms with Crippen molar-refractivity contribution >= 4 is 23.5 Å². The lowest BCUT2D eigenvalue weighted by molar-refractivity contribution is -0.139. The molecule has 0 bridgehead atoms. The molecule has 1 aromatic heterocycles. The number of likely N-dealkylation sites (tertiary alicyclic amines) is 1. The largest absolute Gasteiger partial charge is 0.496 e. The Morgan fingerprint density at radius 1 is 1.05 bits per heavy atom. The van der Waals surface area contributed by atoms with Crippen LogP contribution in [0.1, 0.15) is 79.9 Å². The van der Waals surface area contributed by atoms with Crippen molar-refractivity contribution in [2.45, 2.75) is 70.2 Å². The van der Waals surface area contributed by atoms with Gasteiger partial charge in [0.2, 0.25) is 5.91 Å². The lowest BCUT2D eigenvalue weighted by atomic mass is 9.92. The predicted molar refractivity (Wildman–Crippen MR) is 160 cm³/mol. The highest BCUT2D eigenvalue weighted by Crippen LogP contribution is 2.49. The maximum atomic E-state index is 11.4. The van der Waals surface area contributed by atoms with Gasteiger partial charge in [0.1, 0.15) is 11.9 Å². The summed E-state index contributed by atoms with van der Waals surface area (Å²) in [5.41, 5.74) is 5.86. The molecule has 0 spiro atoms. The van der Waals surface area contributed by atoms with Gasteiger partial charge in [-0.25, -0.2) is 0 Å². The number of piperidine rings is 1. The predicted octanol–water partition coefficient (Wildman–Crippen LogP) is 6.52. The van der Waals surface area contributed by atoms with E-state index < -0.39 is 5.97 Å². The first-order valence-corrected chi connectivity index (χ1v) is 15.1. The van der Waals surface area contributed by atoms with Gasteiger partial charge in [0, 0.05) is 47.6 Å². The Morgan fingerprint density at radius 2 is 1.83 bits per heavy atom. The summed E-state index contributed by atoms with van der Waals surface area (Å²) >= 11 is 6.37. The Balaban J connectivity index is 0.000000191. The quantitative estimate of drug-likeness (QED) is 0.319. The standard InChI is InChI=1S/C22H20ClNO2.C11H19NO4/c1-25-20-6-2-5-17(21(20)14-7-8-14)22-18-12-15(23)9-10-19(18)24-11-3-4-16(24)13-26-22;1-2-10(13)12-6-3-9(4-7-12)16-8-5-11(14)15/h2-6,9-12,14,22H,7-8,13H2,1H3;9H,2-8H2,1H3,(H,14,15)/t22-;/m1./s1. The zero-order valence-corrected chi connectivity index (χ0v) is 25.0. The molecule has 2 aliphatic heterocycles. The fraction of sp³-hybridized carbons (Fsp3) is 0.455. The number of hydrogen-bond acceptors (Lipinski definition) is 5. The summed E-state index contributed by atoms with van der Waals surface area (Å²) in [6.07, 6.45) is 6.68. The van der Waals surface area contributed by atoms with Gasteiger partial charge in [-0.05, 0) is 73.6 Å². The lowest BCUT2D eigenvalue weighted by Crippen LogP contribution is -2.40. The van der Waals surface area contributed by atoms with Gasteiger partial charge in [-0.1, -0.05) is 30.7 Å². The van der Waals surface area contributed by atoms with Crippen LogP contribution >= 0.6 is 11.6 Å². The van der Waals surface area contributed by atoms with Crippen molar-refractivity contribution in [3.05, 3.63) is 82.1 Å². The van der Waals surface area contributed by atoms with Crippen LogP contribution in [0.15, 0.2) is 54.7 Å². The number of ether oxygens (including phenoxy) is 3. The molecule has 3 aromatic rings. The van der Waals surface area contributed by atoms with Gasteiger partial charge in [0.25, 0.3) is 0 Å². The van der Waals surface area contributed by atoms with Crippen molar-refractivity contribution in [3.63, 3.8) is 0 Å². The van der Waals surface area contributed by atoms with Gasteiger partial charge in [0.05, 0.1) is 38.5 Å². The number of aromatic nitrogens is 1. The van der Waals surface area contributed by atoms with Gasteiger partial charge in [-0.2, -0.15) is 0 Å². The highest BCUT2D eigenvalue weighted by Gasteiger charge is 2.34. The molecule has 42 heavy (non-hydrogen) atoms. The Morgan fingerprint density at radius 3 is 2.52 bits per heavy atom. The van der Waals surface area contributed by atoms with Gasteiger partial charge < -0.3 is 28.8 Å². The number of carbonyl (C=O) groups excluding carboxylic acids is 1. The van der Waals surface area contributed by atoms with Crippen LogP contribution in [0.5, 0.6) is 5.75 Å². The first kappa shape index (κ1) is 30.1. The van der Waals surface area contributed by atoms with Gasteiger partial charge in [0.15, 0.2) is 0 Å². The molecule has 2 aromatic carbocycles. The average Bonchev–Trinajstić information content (AvgIpc) is 3.76. The topological polar surface area (TPSA) is 90.2 Å². The minimum atomic E-state index is -0.835. The van der Waals surface area contributed by atoms with Crippen LogP contribution < -0.4 is 4.74 Å². The molecule has 0 radical (unpaired) electrons. The Kier molecular flexibility index (Phi) is 9.88. The van der Waals surface area contributed by atoms with Crippen LogP contribution in [-0.4, -0.2) is 59.4 Å². The number of carboxylic acids is 1. The van der Waals surface area contributed by atoms with Gasteiger partial charge in [-0.15, -0.1) is 0 Å². The number of hydrogen-bond donors (Lipinski definition) is 1. The molecule has 3 heterocycles. The smallest absolute Gasteiger partial charge is 0.305 e. The fourth-order valence-corrected chi connectivity index (χ4v) is 6.00. The third-order valence-corrected chi connectivity index (χ3v) is 8.35. The number of halogens is 1. The number of aliphatic carboxylic acids is 1. The molecule has 224 valence electrons. The Labute approximate surface area is 252 Å². The van der Waals surface area contributed by atoms with E-state index in [4.69, 9.17) is 30.9 Å². The molecular weight excluding hydrogens is 556 g/mol. The third-order valence-electron chi connectivity index (χ3n) is 8.12. The van der Waals surface area contributed by atoms with Crippen molar-refractivity contribution < 1.29 is 28.9 Å². The van der Waals surface area contributed by atoms with Gasteiger partial charge in [-0.3, -0.25) is 9.59 Å². The van der Waals surface area contributed by atoms with Gasteiger partial charge >= 0.3 is 5.97 Å². The first-order chi connectivity index (χ1) is 20.4. The molecule has 2 fully saturated rings. The zero-order valence-electron chi connectivity index (χ0n) is 24.3. The van der Waals surface area contributed by atoms with E-state index in [0.29, 0.717) is 18.9 Å². The minimum absolute atomic E-state index is 0.0497. The number of carbonyl (C=O) groups is 2. The number of carboxylic acid groups (broad SMARTS) is 1. The van der Waals surface area contributed by atoms with Crippen molar-refractivity contribution in [1.82, 2.24) is 9.47 Å². The number of nitrogens with zero attached hydrogens (tertiary/aromatic N) is 2. The van der Waals surface area contributed by atoms with Crippen LogP contribution in [-0.2, 0) is 25.7 Å². The number of fused-ring (bicyclic) bond motifs is 3. The van der Waals surface area contributed by atoms with E-state index >= 15 is 0 Å². The third kappa shape index (κ3) is 7.00. The van der Waals surface area contributed by atoms with Crippen molar-refractivity contribution in [3.8, 4) is 11.4 Å². The van der Waals surface area contributed by atoms with E-state index in [2.05, 4.69) is 47.2 Å². The number of amides is 1. The van der Waals surface area contributed by atoms with Crippen LogP contribution in [0.3, 0.4) is 0 Å². The molecule has 1 saturated carbocycles. The van der Waals surface area contributed by atoms with Crippen LogP contribution in [0.2, 0.25) is 5.02 Å². The summed E-state index contributed by atoms with van der Waals surface area (Å²) in [5.74, 6) is 0.873. The van der Waals surface area contributed by atoms with Crippen LogP contribution in [0.4, 0.5) is 0 Å². The minimum Gasteiger partial charge on any atom is -0.496 e. The second-order valence-electron chi connectivity index (χ2n) is 10.9. The van der Waals surface area contributed by atoms with Crippen LogP contribution in [0, 0.1) is 0 Å². The monoisotopic (exact) mass is 594 g/mol. The number of benzene rings is 2. The van der Waals surface area contributed by atoms with E-state index in [-0.39, 0.29) is 31.1 Å². The summed E-state index contributed by atoms with van der Waals surface area (Å²) in [4.78, 5) is 23.5. The molecule has 1 saturated heterocycles. The number of methoxy groups -OCH3 is 1. The molecule has 1 N–H and O–H groups in total. The Bertz CT molecular complexity index is 1390. The highest BCUT2D eigenvalue weighted by atomic mass is 35.5. The van der Waals surface area contributed by atoms with Crippen molar-refractivity contribution in [1.29, 1.82) is 0 Å². The Hall–Kier alpha value is -3.33. The normalized spacial score (nSPS) is 18.3. The zero-order chi connectivity index (χ0) is 29.6. The fourth-order valence-electron chi connectivity index (χ4n) is 5.82. The molecule has 8 nitrogen and oxygen atoms in total. The van der Waals surface area contributed by atoms with Crippen molar-refractivity contribution in [2.24, 2.45) is 0 Å². The molecule has 3 aliphatic rings. The molecule has 6 rings (SSSR count). The molecule has 0 unspecified atom stereocenters. The summed E-state index contributed by atoms with van der Waals surface area (Å²) in [6, 6.07) is 16.5. The summed E-state index contributed by atoms with van der Waals surface area (Å²) in [7, 11) is 1.75.